The Labute approximate surface area is 762 Å². The van der Waals surface area contributed by atoms with Crippen molar-refractivity contribution in [2.45, 2.75) is 145 Å². The van der Waals surface area contributed by atoms with Crippen LogP contribution in [0.25, 0.3) is 144 Å². The fraction of sp³-hybridized carbons (Fsp3) is 0.177. The first-order valence-corrected chi connectivity index (χ1v) is 46.1. The molecule has 0 saturated carbocycles. The third-order valence-corrected chi connectivity index (χ3v) is 27.6. The minimum Gasteiger partial charge on any atom is -0.310 e. The van der Waals surface area contributed by atoms with E-state index in [4.69, 9.17) is 0 Å². The van der Waals surface area contributed by atoms with Gasteiger partial charge in [-0.05, 0) is 272 Å². The Balaban J connectivity index is 0.965. The molecule has 0 spiro atoms. The Hall–Kier alpha value is -14.0. The van der Waals surface area contributed by atoms with E-state index >= 15 is 0 Å². The lowest BCUT2D eigenvalue weighted by molar-refractivity contribution is 0.590. The van der Waals surface area contributed by atoms with Crippen LogP contribution in [0.15, 0.2) is 364 Å². The molecule has 21 rings (SSSR count). The van der Waals surface area contributed by atoms with Crippen LogP contribution in [0, 0.1) is 13.8 Å². The van der Waals surface area contributed by atoms with Gasteiger partial charge < -0.3 is 18.9 Å². The molecular weight excluding hydrogens is 1560 g/mol. The number of anilines is 6. The highest BCUT2D eigenvalue weighted by molar-refractivity contribution is 7.00. The number of nitrogens with zero attached hydrogens (tertiary/aromatic N) is 4. The van der Waals surface area contributed by atoms with E-state index in [2.05, 4.69) is 501 Å². The molecular formula is C124H111BN4. The normalized spacial score (nSPS) is 13.0. The second kappa shape index (κ2) is 30.9. The average Bonchev–Trinajstić information content (AvgIpc) is 1.50. The SMILES string of the molecule is Cc1cc(-c2ccccc2-c2ccccc2)c(N2c3cc(-n4c5ccc(C(C)(C)C)cc5c5cc(C(C)(C)C)ccc54)ccc3B3c4ccc(-n5c6ccc(C(C)(C)C)cc6c6cc(C(C)(C)C)ccc65)cc4N(c4c(-c5ccccc5-c5ccccc5)cc(C)cc4-c4ccccc4-c4ccccc4)c4cc(C(C)(C)C)cc2c43)c(-c2ccccc2-c2ccccc2)c1. The Kier molecular flexibility index (Phi) is 19.7. The minimum absolute atomic E-state index is 0.0965. The van der Waals surface area contributed by atoms with E-state index in [-0.39, 0.29) is 28.4 Å². The number of hydrogen-bond donors (Lipinski definition) is 0. The summed E-state index contributed by atoms with van der Waals surface area (Å²) in [7, 11) is 0. The van der Waals surface area contributed by atoms with Crippen molar-refractivity contribution in [2.75, 3.05) is 9.80 Å². The molecule has 129 heavy (non-hydrogen) atoms. The fourth-order valence-corrected chi connectivity index (χ4v) is 20.8. The quantitative estimate of drug-likeness (QED) is 0.113. The third-order valence-electron chi connectivity index (χ3n) is 27.6. The fourth-order valence-electron chi connectivity index (χ4n) is 20.8. The van der Waals surface area contributed by atoms with Crippen LogP contribution in [0.1, 0.15) is 143 Å². The lowest BCUT2D eigenvalue weighted by Gasteiger charge is -2.46. The molecule has 0 fully saturated rings. The van der Waals surface area contributed by atoms with E-state index in [1.165, 1.54) is 87.8 Å². The van der Waals surface area contributed by atoms with Gasteiger partial charge in [-0.3, -0.25) is 0 Å². The Morgan fingerprint density at radius 3 is 0.690 bits per heavy atom. The molecule has 0 bridgehead atoms. The van der Waals surface area contributed by atoms with Gasteiger partial charge in [0.25, 0.3) is 6.71 Å². The van der Waals surface area contributed by atoms with E-state index in [9.17, 15) is 0 Å². The second-order valence-corrected chi connectivity index (χ2v) is 41.4. The van der Waals surface area contributed by atoms with Crippen LogP contribution >= 0.6 is 0 Å². The van der Waals surface area contributed by atoms with Gasteiger partial charge in [0.05, 0.1) is 33.4 Å². The van der Waals surface area contributed by atoms with Crippen molar-refractivity contribution in [2.24, 2.45) is 0 Å². The van der Waals surface area contributed by atoms with Gasteiger partial charge in [-0.2, -0.15) is 0 Å². The highest BCUT2D eigenvalue weighted by atomic mass is 15.2. The van der Waals surface area contributed by atoms with Crippen LogP contribution in [0.5, 0.6) is 0 Å². The molecule has 2 aromatic heterocycles. The van der Waals surface area contributed by atoms with Crippen molar-refractivity contribution >= 4 is 101 Å². The van der Waals surface area contributed by atoms with Crippen molar-refractivity contribution in [1.29, 1.82) is 0 Å². The monoisotopic (exact) mass is 1670 g/mol. The maximum atomic E-state index is 2.79. The molecule has 0 saturated heterocycles. The summed E-state index contributed by atoms with van der Waals surface area (Å²) in [6.45, 7) is 39.7. The highest BCUT2D eigenvalue weighted by Gasteiger charge is 2.47. The van der Waals surface area contributed by atoms with Gasteiger partial charge in [0.15, 0.2) is 0 Å². The number of aryl methyl sites for hydroxylation is 2. The molecule has 19 aromatic rings. The van der Waals surface area contributed by atoms with E-state index < -0.39 is 5.41 Å². The van der Waals surface area contributed by atoms with E-state index in [1.807, 2.05) is 0 Å². The zero-order valence-electron chi connectivity index (χ0n) is 77.5. The van der Waals surface area contributed by atoms with Gasteiger partial charge in [0.2, 0.25) is 0 Å². The van der Waals surface area contributed by atoms with Gasteiger partial charge in [-0.25, -0.2) is 0 Å². The van der Waals surface area contributed by atoms with Crippen LogP contribution < -0.4 is 26.2 Å². The molecule has 4 nitrogen and oxygen atoms in total. The van der Waals surface area contributed by atoms with Gasteiger partial charge in [-0.15, -0.1) is 0 Å². The molecule has 17 aromatic carbocycles. The van der Waals surface area contributed by atoms with Crippen LogP contribution in [0.2, 0.25) is 0 Å². The largest absolute Gasteiger partial charge is 0.310 e. The van der Waals surface area contributed by atoms with E-state index in [1.54, 1.807) is 0 Å². The molecule has 0 radical (unpaired) electrons. The standard InChI is InChI=1S/C124H111BN4/c1-78-66-103(95-50-34-30-46-91(95)80-38-22-18-23-39-80)118(104(67-78)96-51-35-31-47-92(96)81-40-24-19-25-41-81)128-113-76-89(126-109-62-54-84(120(3,4)5)70-99(109)100-71-85(121(6,7)8)55-63-110(100)126)58-60-107(113)125-108-61-59-90(127-111-64-56-86(122(9,10)11)72-101(111)102-73-87(123(12,13)14)57-65-112(102)127)77-114(108)129(116-75-88(124(15,16)17)74-115(128)117(116)125)119-105(97-52-36-32-48-93(97)82-42-26-20-27-43-82)68-79(2)69-106(119)98-53-37-33-49-94(98)83-44-28-21-29-45-83/h18-77H,1-17H3. The lowest BCUT2D eigenvalue weighted by atomic mass is 9.33. The third kappa shape index (κ3) is 14.1. The zero-order valence-corrected chi connectivity index (χ0v) is 77.5. The lowest BCUT2D eigenvalue weighted by Crippen LogP contribution is -2.61. The summed E-state index contributed by atoms with van der Waals surface area (Å²) < 4.78 is 5.18. The van der Waals surface area contributed by atoms with Crippen molar-refractivity contribution < 1.29 is 0 Å². The molecule has 0 unspecified atom stereocenters. The van der Waals surface area contributed by atoms with Crippen molar-refractivity contribution in [3.63, 3.8) is 0 Å². The molecule has 5 heteroatoms. The molecule has 2 aliphatic rings. The number of aromatic nitrogens is 2. The van der Waals surface area contributed by atoms with Gasteiger partial charge in [0.1, 0.15) is 0 Å². The summed E-state index contributed by atoms with van der Waals surface area (Å²) in [6, 6.07) is 141. The first-order chi connectivity index (χ1) is 62.0. The molecule has 0 aliphatic carbocycles. The van der Waals surface area contributed by atoms with Crippen molar-refractivity contribution in [3.05, 3.63) is 403 Å². The van der Waals surface area contributed by atoms with Crippen LogP contribution in [-0.2, 0) is 27.1 Å². The van der Waals surface area contributed by atoms with Crippen LogP contribution in [0.4, 0.5) is 34.1 Å². The summed E-state index contributed by atoms with van der Waals surface area (Å²) in [4.78, 5) is 5.58. The summed E-state index contributed by atoms with van der Waals surface area (Å²) in [6.07, 6.45) is 0. The average molecular weight is 1670 g/mol. The zero-order chi connectivity index (χ0) is 89.1. The summed E-state index contributed by atoms with van der Waals surface area (Å²) >= 11 is 0. The van der Waals surface area contributed by atoms with Gasteiger partial charge in [0, 0.05) is 77.9 Å². The van der Waals surface area contributed by atoms with E-state index in [0.29, 0.717) is 0 Å². The Bertz CT molecular complexity index is 6900. The van der Waals surface area contributed by atoms with Gasteiger partial charge in [-0.1, -0.05) is 359 Å². The number of fused-ring (bicyclic) bond motifs is 10. The number of rotatable bonds is 12. The Morgan fingerprint density at radius 2 is 0.442 bits per heavy atom. The molecule has 0 amide bonds. The predicted molar refractivity (Wildman–Crippen MR) is 556 cm³/mol. The maximum absolute atomic E-state index is 2.79. The summed E-state index contributed by atoms with van der Waals surface area (Å²) in [5.41, 5.74) is 43.4. The van der Waals surface area contributed by atoms with Gasteiger partial charge >= 0.3 is 0 Å². The molecule has 4 heterocycles. The van der Waals surface area contributed by atoms with Crippen LogP contribution in [-0.4, -0.2) is 15.8 Å². The maximum Gasteiger partial charge on any atom is 0.252 e. The number of benzene rings is 17. The predicted octanol–water partition coefficient (Wildman–Crippen LogP) is 32.4. The topological polar surface area (TPSA) is 16.3 Å². The Morgan fingerprint density at radius 1 is 0.202 bits per heavy atom. The number of hydrogen-bond acceptors (Lipinski definition) is 2. The smallest absolute Gasteiger partial charge is 0.252 e. The van der Waals surface area contributed by atoms with Crippen LogP contribution in [0.3, 0.4) is 0 Å². The molecule has 2 aliphatic heterocycles. The first-order valence-electron chi connectivity index (χ1n) is 46.1. The van der Waals surface area contributed by atoms with Crippen molar-refractivity contribution in [3.8, 4) is 100 Å². The highest BCUT2D eigenvalue weighted by Crippen LogP contribution is 2.58. The minimum atomic E-state index is -0.429. The molecule has 0 N–H and O–H groups in total. The van der Waals surface area contributed by atoms with Crippen molar-refractivity contribution in [1.82, 2.24) is 9.13 Å². The van der Waals surface area contributed by atoms with E-state index in [0.717, 1.165) is 146 Å². The molecule has 0 atom stereocenters. The first kappa shape index (κ1) is 82.0. The summed E-state index contributed by atoms with van der Waals surface area (Å²) in [5.74, 6) is 0. The summed E-state index contributed by atoms with van der Waals surface area (Å²) in [5, 5.41) is 4.99. The second-order valence-electron chi connectivity index (χ2n) is 41.4. The molecule has 630 valence electrons.